The summed E-state index contributed by atoms with van der Waals surface area (Å²) in [6.07, 6.45) is 0.564. The van der Waals surface area contributed by atoms with Crippen LogP contribution in [0.3, 0.4) is 0 Å². The van der Waals surface area contributed by atoms with Crippen molar-refractivity contribution in [3.8, 4) is 0 Å². The monoisotopic (exact) mass is 228 g/mol. The van der Waals surface area contributed by atoms with Crippen molar-refractivity contribution in [2.75, 3.05) is 0 Å². The average Bonchev–Trinajstić information content (AvgIpc) is 2.18. The molecule has 0 bridgehead atoms. The second-order valence-electron chi connectivity index (χ2n) is 3.29. The molecule has 0 atom stereocenters. The molecule has 0 aromatic carbocycles. The van der Waals surface area contributed by atoms with Crippen LogP contribution < -0.4 is 5.56 Å². The molecule has 0 aliphatic carbocycles. The predicted octanol–water partition coefficient (Wildman–Crippen LogP) is 1.27. The number of nitrogens with zero attached hydrogens (tertiary/aromatic N) is 2. The molecule has 1 aromatic rings. The van der Waals surface area contributed by atoms with Crippen molar-refractivity contribution in [1.29, 1.82) is 0 Å². The zero-order valence-electron chi connectivity index (χ0n) is 8.79. The van der Waals surface area contributed by atoms with Crippen molar-refractivity contribution in [2.24, 2.45) is 0 Å². The van der Waals surface area contributed by atoms with Crippen LogP contribution >= 0.6 is 11.6 Å². The van der Waals surface area contributed by atoms with Gasteiger partial charge in [0.1, 0.15) is 0 Å². The van der Waals surface area contributed by atoms with Gasteiger partial charge in [-0.25, -0.2) is 4.68 Å². The lowest BCUT2D eigenvalue weighted by Gasteiger charge is -2.05. The Morgan fingerprint density at radius 1 is 1.60 bits per heavy atom. The van der Waals surface area contributed by atoms with Crippen molar-refractivity contribution < 1.29 is 4.79 Å². The van der Waals surface area contributed by atoms with E-state index in [2.05, 4.69) is 5.10 Å². The Morgan fingerprint density at radius 2 is 2.27 bits per heavy atom. The lowest BCUT2D eigenvalue weighted by atomic mass is 10.1. The van der Waals surface area contributed by atoms with E-state index in [-0.39, 0.29) is 12.0 Å². The molecular weight excluding hydrogens is 216 g/mol. The topological polar surface area (TPSA) is 52.0 Å². The highest BCUT2D eigenvalue weighted by atomic mass is 35.5. The molecule has 4 nitrogen and oxygen atoms in total. The number of aromatic nitrogens is 2. The van der Waals surface area contributed by atoms with Gasteiger partial charge in [-0.1, -0.05) is 0 Å². The summed E-state index contributed by atoms with van der Waals surface area (Å²) in [5.41, 5.74) is 1.23. The first-order chi connectivity index (χ1) is 7.04. The Hall–Kier alpha value is -1.16. The summed E-state index contributed by atoms with van der Waals surface area (Å²) >= 11 is 5.23. The summed E-state index contributed by atoms with van der Waals surface area (Å²) in [5, 5.41) is 3.64. The molecule has 0 saturated carbocycles. The minimum atomic E-state index is -0.424. The van der Waals surface area contributed by atoms with Gasteiger partial charge in [0.15, 0.2) is 0 Å². The van der Waals surface area contributed by atoms with Crippen LogP contribution in [0.2, 0.25) is 0 Å². The van der Waals surface area contributed by atoms with Gasteiger partial charge in [-0.3, -0.25) is 9.59 Å². The molecule has 5 heteroatoms. The highest BCUT2D eigenvalue weighted by Crippen LogP contribution is 2.01. The van der Waals surface area contributed by atoms with Gasteiger partial charge in [0.05, 0.1) is 5.69 Å². The second-order valence-corrected chi connectivity index (χ2v) is 3.71. The normalized spacial score (nSPS) is 10.3. The van der Waals surface area contributed by atoms with Gasteiger partial charge in [0.25, 0.3) is 5.56 Å². The number of aryl methyl sites for hydroxylation is 3. The minimum absolute atomic E-state index is 0.138. The molecule has 0 aliphatic rings. The number of hydrogen-bond acceptors (Lipinski definition) is 3. The van der Waals surface area contributed by atoms with E-state index in [0.717, 1.165) is 5.69 Å². The smallest absolute Gasteiger partial charge is 0.269 e. The van der Waals surface area contributed by atoms with Crippen molar-refractivity contribution >= 4 is 16.8 Å². The van der Waals surface area contributed by atoms with Crippen LogP contribution in [-0.2, 0) is 17.8 Å². The highest BCUT2D eigenvalue weighted by Gasteiger charge is 2.06. The largest absolute Gasteiger partial charge is 0.281 e. The first-order valence-corrected chi connectivity index (χ1v) is 5.18. The minimum Gasteiger partial charge on any atom is -0.281 e. The van der Waals surface area contributed by atoms with Crippen LogP contribution in [0.1, 0.15) is 24.6 Å². The van der Waals surface area contributed by atoms with E-state index in [9.17, 15) is 9.59 Å². The molecule has 0 saturated heterocycles. The first kappa shape index (κ1) is 11.9. The van der Waals surface area contributed by atoms with Crippen LogP contribution in [0.15, 0.2) is 10.9 Å². The van der Waals surface area contributed by atoms with Gasteiger partial charge in [-0.05, 0) is 37.9 Å². The van der Waals surface area contributed by atoms with Crippen molar-refractivity contribution in [3.05, 3.63) is 27.7 Å². The quantitative estimate of drug-likeness (QED) is 0.730. The molecule has 0 aliphatic heterocycles. The van der Waals surface area contributed by atoms with Crippen molar-refractivity contribution in [2.45, 2.75) is 33.2 Å². The summed E-state index contributed by atoms with van der Waals surface area (Å²) < 4.78 is 1.39. The Kier molecular flexibility index (Phi) is 4.03. The van der Waals surface area contributed by atoms with Crippen LogP contribution in [0.25, 0.3) is 0 Å². The van der Waals surface area contributed by atoms with Crippen LogP contribution in [-0.4, -0.2) is 15.0 Å². The number of halogens is 1. The van der Waals surface area contributed by atoms with E-state index in [4.69, 9.17) is 11.6 Å². The average molecular weight is 229 g/mol. The Balaban J connectivity index is 3.01. The van der Waals surface area contributed by atoms with Crippen molar-refractivity contribution in [3.63, 3.8) is 0 Å². The summed E-state index contributed by atoms with van der Waals surface area (Å²) in [5.74, 6) is 0. The number of carbonyl (C=O) groups excluding carboxylic acids is 1. The third-order valence-electron chi connectivity index (χ3n) is 2.06. The number of carbonyl (C=O) groups is 1. The van der Waals surface area contributed by atoms with Crippen LogP contribution in [0.5, 0.6) is 0 Å². The van der Waals surface area contributed by atoms with Crippen LogP contribution in [0, 0.1) is 6.92 Å². The van der Waals surface area contributed by atoms with E-state index in [1.54, 1.807) is 6.07 Å². The van der Waals surface area contributed by atoms with Gasteiger partial charge in [-0.2, -0.15) is 5.10 Å². The van der Waals surface area contributed by atoms with Gasteiger partial charge >= 0.3 is 0 Å². The maximum atomic E-state index is 11.7. The molecule has 0 amide bonds. The predicted molar refractivity (Wildman–Crippen MR) is 58.1 cm³/mol. The Labute approximate surface area is 92.9 Å². The first-order valence-electron chi connectivity index (χ1n) is 4.80. The zero-order chi connectivity index (χ0) is 11.4. The number of hydrogen-bond donors (Lipinski definition) is 0. The van der Waals surface area contributed by atoms with E-state index < -0.39 is 5.24 Å². The van der Waals surface area contributed by atoms with E-state index >= 15 is 0 Å². The summed E-state index contributed by atoms with van der Waals surface area (Å²) in [4.78, 5) is 22.3. The van der Waals surface area contributed by atoms with E-state index in [1.165, 1.54) is 4.68 Å². The molecule has 1 heterocycles. The summed E-state index contributed by atoms with van der Waals surface area (Å²) in [7, 11) is 0. The molecule has 1 rings (SSSR count). The maximum absolute atomic E-state index is 11.7. The molecule has 0 spiro atoms. The molecule has 0 radical (unpaired) electrons. The summed E-state index contributed by atoms with van der Waals surface area (Å²) in [6, 6.07) is 1.70. The van der Waals surface area contributed by atoms with E-state index in [0.29, 0.717) is 18.5 Å². The zero-order valence-corrected chi connectivity index (χ0v) is 9.54. The van der Waals surface area contributed by atoms with E-state index in [1.807, 2.05) is 13.8 Å². The fourth-order valence-electron chi connectivity index (χ4n) is 1.37. The van der Waals surface area contributed by atoms with Gasteiger partial charge in [0.2, 0.25) is 5.24 Å². The van der Waals surface area contributed by atoms with Gasteiger partial charge in [0, 0.05) is 18.5 Å². The third kappa shape index (κ3) is 3.16. The molecule has 15 heavy (non-hydrogen) atoms. The fraction of sp³-hybridized carbons (Fsp3) is 0.500. The standard InChI is InChI=1S/C10H13ClN2O2/c1-3-13-10(15)8(4-5-9(11)14)6-7(2)12-13/h6H,3-5H2,1-2H3. The van der Waals surface area contributed by atoms with Gasteiger partial charge in [-0.15, -0.1) is 0 Å². The molecule has 0 fully saturated rings. The molecular formula is C10H13ClN2O2. The molecule has 0 N–H and O–H groups in total. The molecule has 82 valence electrons. The SMILES string of the molecule is CCn1nc(C)cc(CCC(=O)Cl)c1=O. The summed E-state index contributed by atoms with van der Waals surface area (Å²) in [6.45, 7) is 4.20. The fourth-order valence-corrected chi connectivity index (χ4v) is 1.47. The second kappa shape index (κ2) is 5.07. The molecule has 0 unspecified atom stereocenters. The van der Waals surface area contributed by atoms with Gasteiger partial charge < -0.3 is 0 Å². The van der Waals surface area contributed by atoms with Crippen LogP contribution in [0.4, 0.5) is 0 Å². The Morgan fingerprint density at radius 3 is 2.80 bits per heavy atom. The Bertz CT molecular complexity index is 426. The highest BCUT2D eigenvalue weighted by molar-refractivity contribution is 6.63. The van der Waals surface area contributed by atoms with Crippen molar-refractivity contribution in [1.82, 2.24) is 9.78 Å². The lowest BCUT2D eigenvalue weighted by Crippen LogP contribution is -2.26. The third-order valence-corrected chi connectivity index (χ3v) is 2.25. The maximum Gasteiger partial charge on any atom is 0.269 e. The number of rotatable bonds is 4. The molecule has 1 aromatic heterocycles. The lowest BCUT2D eigenvalue weighted by molar-refractivity contribution is -0.111.